The van der Waals surface area contributed by atoms with Crippen molar-refractivity contribution in [2.24, 2.45) is 0 Å². The van der Waals surface area contributed by atoms with Crippen LogP contribution in [0.25, 0.3) is 0 Å². The lowest BCUT2D eigenvalue weighted by atomic mass is 10.3. The van der Waals surface area contributed by atoms with Crippen molar-refractivity contribution in [3.05, 3.63) is 0 Å². The molecule has 0 atom stereocenters. The number of carbonyl (C=O) groups is 1. The predicted octanol–water partition coefficient (Wildman–Crippen LogP) is 0.571. The second-order valence-corrected chi connectivity index (χ2v) is 6.37. The Kier molecular flexibility index (Phi) is 5.96. The molecule has 0 bridgehead atoms. The van der Waals surface area contributed by atoms with E-state index < -0.39 is 10.0 Å². The molecule has 0 aromatic rings. The largest absolute Gasteiger partial charge is 0.354 e. The van der Waals surface area contributed by atoms with Crippen LogP contribution in [0.4, 0.5) is 0 Å². The van der Waals surface area contributed by atoms with Crippen LogP contribution in [-0.4, -0.2) is 43.5 Å². The van der Waals surface area contributed by atoms with E-state index in [-0.39, 0.29) is 31.0 Å². The first-order valence-electron chi connectivity index (χ1n) is 5.40. The van der Waals surface area contributed by atoms with Crippen LogP contribution in [0.1, 0.15) is 34.1 Å². The lowest BCUT2D eigenvalue weighted by Crippen LogP contribution is -2.40. The van der Waals surface area contributed by atoms with E-state index in [9.17, 15) is 13.2 Å². The molecule has 0 aliphatic rings. The van der Waals surface area contributed by atoms with Gasteiger partial charge in [-0.15, -0.1) is 0 Å². The third-order valence-electron chi connectivity index (χ3n) is 2.01. The highest BCUT2D eigenvalue weighted by Crippen LogP contribution is 2.05. The number of hydrogen-bond donors (Lipinski definition) is 1. The van der Waals surface area contributed by atoms with Crippen molar-refractivity contribution in [1.29, 1.82) is 0 Å². The molecule has 0 unspecified atom stereocenters. The van der Waals surface area contributed by atoms with Gasteiger partial charge in [-0.3, -0.25) is 4.79 Å². The molecule has 96 valence electrons. The van der Waals surface area contributed by atoms with E-state index >= 15 is 0 Å². The van der Waals surface area contributed by atoms with Crippen LogP contribution in [-0.2, 0) is 14.8 Å². The molecule has 5 nitrogen and oxygen atoms in total. The van der Waals surface area contributed by atoms with Crippen molar-refractivity contribution >= 4 is 15.9 Å². The number of amides is 1. The standard InChI is InChI=1S/C10H22N2O3S/c1-8(2)11-10(13)6-7-12(9(3)4)16(5,14)15/h8-9H,6-7H2,1-5H3,(H,11,13). The van der Waals surface area contributed by atoms with E-state index in [0.717, 1.165) is 6.26 Å². The van der Waals surface area contributed by atoms with E-state index in [1.807, 2.05) is 13.8 Å². The Hall–Kier alpha value is -0.620. The maximum atomic E-state index is 11.4. The predicted molar refractivity (Wildman–Crippen MR) is 64.6 cm³/mol. The average Bonchev–Trinajstić information content (AvgIpc) is 1.98. The first-order chi connectivity index (χ1) is 7.14. The van der Waals surface area contributed by atoms with E-state index in [4.69, 9.17) is 0 Å². The lowest BCUT2D eigenvalue weighted by molar-refractivity contribution is -0.121. The van der Waals surface area contributed by atoms with Gasteiger partial charge in [-0.05, 0) is 27.7 Å². The van der Waals surface area contributed by atoms with Gasteiger partial charge in [0, 0.05) is 25.0 Å². The molecule has 0 saturated carbocycles. The van der Waals surface area contributed by atoms with Crippen molar-refractivity contribution < 1.29 is 13.2 Å². The van der Waals surface area contributed by atoms with Crippen LogP contribution < -0.4 is 5.32 Å². The quantitative estimate of drug-likeness (QED) is 0.749. The Morgan fingerprint density at radius 3 is 2.06 bits per heavy atom. The normalized spacial score (nSPS) is 12.5. The van der Waals surface area contributed by atoms with E-state index in [2.05, 4.69) is 5.32 Å². The van der Waals surface area contributed by atoms with Gasteiger partial charge in [0.1, 0.15) is 0 Å². The minimum atomic E-state index is -3.23. The van der Waals surface area contributed by atoms with Gasteiger partial charge in [0.2, 0.25) is 15.9 Å². The number of nitrogens with one attached hydrogen (secondary N) is 1. The van der Waals surface area contributed by atoms with Crippen molar-refractivity contribution in [2.45, 2.75) is 46.2 Å². The summed E-state index contributed by atoms with van der Waals surface area (Å²) in [6, 6.07) is -0.0416. The van der Waals surface area contributed by atoms with Crippen LogP contribution >= 0.6 is 0 Å². The molecule has 0 aliphatic heterocycles. The molecule has 6 heteroatoms. The van der Waals surface area contributed by atoms with Gasteiger partial charge in [-0.25, -0.2) is 8.42 Å². The first-order valence-corrected chi connectivity index (χ1v) is 7.25. The molecule has 0 radical (unpaired) electrons. The lowest BCUT2D eigenvalue weighted by Gasteiger charge is -2.23. The molecule has 0 spiro atoms. The zero-order valence-corrected chi connectivity index (χ0v) is 11.5. The zero-order valence-electron chi connectivity index (χ0n) is 10.6. The smallest absolute Gasteiger partial charge is 0.221 e. The number of sulfonamides is 1. The van der Waals surface area contributed by atoms with E-state index in [0.29, 0.717) is 0 Å². The van der Waals surface area contributed by atoms with Crippen LogP contribution in [0.2, 0.25) is 0 Å². The maximum Gasteiger partial charge on any atom is 0.221 e. The van der Waals surface area contributed by atoms with Gasteiger partial charge in [0.25, 0.3) is 0 Å². The van der Waals surface area contributed by atoms with Gasteiger partial charge >= 0.3 is 0 Å². The van der Waals surface area contributed by atoms with E-state index in [1.54, 1.807) is 13.8 Å². The minimum absolute atomic E-state index is 0.0817. The Labute approximate surface area is 98.3 Å². The molecule has 0 heterocycles. The molecule has 1 N–H and O–H groups in total. The number of carbonyl (C=O) groups excluding carboxylic acids is 1. The van der Waals surface area contributed by atoms with Crippen LogP contribution in [0.3, 0.4) is 0 Å². The summed E-state index contributed by atoms with van der Waals surface area (Å²) in [4.78, 5) is 11.4. The van der Waals surface area contributed by atoms with Crippen molar-refractivity contribution in [1.82, 2.24) is 9.62 Å². The van der Waals surface area contributed by atoms with Crippen molar-refractivity contribution in [3.8, 4) is 0 Å². The third kappa shape index (κ3) is 6.07. The molecule has 0 saturated heterocycles. The van der Waals surface area contributed by atoms with Gasteiger partial charge in [0.05, 0.1) is 6.26 Å². The maximum absolute atomic E-state index is 11.4. The fourth-order valence-electron chi connectivity index (χ4n) is 1.41. The van der Waals surface area contributed by atoms with Gasteiger partial charge < -0.3 is 5.32 Å². The summed E-state index contributed by atoms with van der Waals surface area (Å²) >= 11 is 0. The summed E-state index contributed by atoms with van der Waals surface area (Å²) in [7, 11) is -3.23. The fourth-order valence-corrected chi connectivity index (χ4v) is 2.60. The summed E-state index contributed by atoms with van der Waals surface area (Å²) in [5.74, 6) is -0.121. The Bertz CT molecular complexity index is 323. The highest BCUT2D eigenvalue weighted by molar-refractivity contribution is 7.88. The zero-order chi connectivity index (χ0) is 12.9. The summed E-state index contributed by atoms with van der Waals surface area (Å²) in [5.41, 5.74) is 0. The number of nitrogens with zero attached hydrogens (tertiary/aromatic N) is 1. The van der Waals surface area contributed by atoms with Crippen LogP contribution in [0, 0.1) is 0 Å². The van der Waals surface area contributed by atoms with Gasteiger partial charge in [-0.1, -0.05) is 0 Å². The molecule has 16 heavy (non-hydrogen) atoms. The van der Waals surface area contributed by atoms with Crippen LogP contribution in [0.15, 0.2) is 0 Å². The topological polar surface area (TPSA) is 66.5 Å². The molecule has 0 aliphatic carbocycles. The first kappa shape index (κ1) is 15.4. The van der Waals surface area contributed by atoms with Crippen molar-refractivity contribution in [3.63, 3.8) is 0 Å². The molecule has 0 aromatic carbocycles. The molecule has 0 aromatic heterocycles. The Balaban J connectivity index is 4.30. The molecular formula is C10H22N2O3S. The highest BCUT2D eigenvalue weighted by atomic mass is 32.2. The summed E-state index contributed by atoms with van der Waals surface area (Å²) in [6.07, 6.45) is 1.36. The second-order valence-electron chi connectivity index (χ2n) is 4.44. The summed E-state index contributed by atoms with van der Waals surface area (Å²) in [5, 5.41) is 2.73. The number of hydrogen-bond acceptors (Lipinski definition) is 3. The fraction of sp³-hybridized carbons (Fsp3) is 0.900. The molecule has 0 fully saturated rings. The van der Waals surface area contributed by atoms with Gasteiger partial charge in [0.15, 0.2) is 0 Å². The SMILES string of the molecule is CC(C)NC(=O)CCN(C(C)C)S(C)(=O)=O. The van der Waals surface area contributed by atoms with Crippen LogP contribution in [0.5, 0.6) is 0 Å². The molecular weight excluding hydrogens is 228 g/mol. The highest BCUT2D eigenvalue weighted by Gasteiger charge is 2.20. The summed E-state index contributed by atoms with van der Waals surface area (Å²) in [6.45, 7) is 7.56. The van der Waals surface area contributed by atoms with Crippen molar-refractivity contribution in [2.75, 3.05) is 12.8 Å². The van der Waals surface area contributed by atoms with Gasteiger partial charge in [-0.2, -0.15) is 4.31 Å². The van der Waals surface area contributed by atoms with E-state index in [1.165, 1.54) is 4.31 Å². The molecule has 1 amide bonds. The minimum Gasteiger partial charge on any atom is -0.354 e. The average molecular weight is 250 g/mol. The third-order valence-corrected chi connectivity index (χ3v) is 3.47. The number of rotatable bonds is 6. The summed E-state index contributed by atoms with van der Waals surface area (Å²) < 4.78 is 24.1. The Morgan fingerprint density at radius 2 is 1.75 bits per heavy atom. The second kappa shape index (κ2) is 6.20. The monoisotopic (exact) mass is 250 g/mol. The molecule has 0 rings (SSSR count). The Morgan fingerprint density at radius 1 is 1.25 bits per heavy atom.